The van der Waals surface area contributed by atoms with Crippen molar-refractivity contribution >= 4 is 45.9 Å². The van der Waals surface area contributed by atoms with Crippen molar-refractivity contribution in [3.05, 3.63) is 57.7 Å². The molecule has 21 heavy (non-hydrogen) atoms. The first-order chi connectivity index (χ1) is 9.83. The van der Waals surface area contributed by atoms with E-state index in [9.17, 15) is 0 Å². The first kappa shape index (κ1) is 15.8. The van der Waals surface area contributed by atoms with Gasteiger partial charge in [-0.25, -0.2) is 4.98 Å². The van der Waals surface area contributed by atoms with Crippen LogP contribution in [-0.2, 0) is 6.42 Å². The zero-order chi connectivity index (χ0) is 13.8. The Morgan fingerprint density at radius 2 is 1.95 bits per heavy atom. The van der Waals surface area contributed by atoms with E-state index in [0.29, 0.717) is 0 Å². The lowest BCUT2D eigenvalue weighted by atomic mass is 10.2. The second kappa shape index (κ2) is 7.45. The van der Waals surface area contributed by atoms with Crippen LogP contribution in [0, 0.1) is 0 Å². The van der Waals surface area contributed by atoms with Gasteiger partial charge in [0, 0.05) is 17.5 Å². The first-order valence-electron chi connectivity index (χ1n) is 6.20. The molecule has 0 aliphatic heterocycles. The van der Waals surface area contributed by atoms with Crippen molar-refractivity contribution in [2.24, 2.45) is 0 Å². The molecule has 2 heterocycles. The van der Waals surface area contributed by atoms with E-state index >= 15 is 0 Å². The molecule has 0 saturated carbocycles. The van der Waals surface area contributed by atoms with E-state index in [0.717, 1.165) is 28.7 Å². The van der Waals surface area contributed by atoms with Crippen molar-refractivity contribution in [3.63, 3.8) is 0 Å². The number of hydrogen-bond acceptors (Lipinski definition) is 5. The summed E-state index contributed by atoms with van der Waals surface area (Å²) < 4.78 is 5.14. The summed E-state index contributed by atoms with van der Waals surface area (Å²) in [6.07, 6.45) is 0.893. The van der Waals surface area contributed by atoms with Crippen LogP contribution in [0.2, 0.25) is 0 Å². The number of halogens is 1. The molecule has 0 saturated heterocycles. The quantitative estimate of drug-likeness (QED) is 0.713. The first-order valence-corrected chi connectivity index (χ1v) is 8.02. The topological polar surface area (TPSA) is 34.1 Å². The number of benzene rings is 1. The predicted molar refractivity (Wildman–Crippen MR) is 92.8 cm³/mol. The van der Waals surface area contributed by atoms with Crippen molar-refractivity contribution in [3.8, 4) is 5.75 Å². The summed E-state index contributed by atoms with van der Waals surface area (Å²) in [6, 6.07) is 9.97. The summed E-state index contributed by atoms with van der Waals surface area (Å²) in [5.41, 5.74) is 3.43. The number of methoxy groups -OCH3 is 1. The SMILES string of the molecule is COc1ccc(Nc2nc(Cc3ccsc3)cs2)cc1.Cl. The van der Waals surface area contributed by atoms with E-state index in [2.05, 4.69) is 32.5 Å². The zero-order valence-electron chi connectivity index (χ0n) is 11.4. The Kier molecular flexibility index (Phi) is 5.61. The molecule has 0 spiro atoms. The van der Waals surface area contributed by atoms with Gasteiger partial charge in [-0.3, -0.25) is 0 Å². The van der Waals surface area contributed by atoms with Gasteiger partial charge in [0.25, 0.3) is 0 Å². The molecular formula is C15H15ClN2OS2. The number of thiazole rings is 1. The van der Waals surface area contributed by atoms with E-state index < -0.39 is 0 Å². The largest absolute Gasteiger partial charge is 0.497 e. The van der Waals surface area contributed by atoms with Crippen LogP contribution in [0.25, 0.3) is 0 Å². The van der Waals surface area contributed by atoms with Crippen LogP contribution >= 0.6 is 35.1 Å². The smallest absolute Gasteiger partial charge is 0.187 e. The molecule has 0 unspecified atom stereocenters. The van der Waals surface area contributed by atoms with E-state index in [4.69, 9.17) is 4.74 Å². The summed E-state index contributed by atoms with van der Waals surface area (Å²) in [7, 11) is 1.67. The second-order valence-corrected chi connectivity index (χ2v) is 5.94. The van der Waals surface area contributed by atoms with Crippen LogP contribution in [-0.4, -0.2) is 12.1 Å². The zero-order valence-corrected chi connectivity index (χ0v) is 13.9. The summed E-state index contributed by atoms with van der Waals surface area (Å²) in [4.78, 5) is 4.60. The van der Waals surface area contributed by atoms with Gasteiger partial charge in [-0.2, -0.15) is 11.3 Å². The third-order valence-electron chi connectivity index (χ3n) is 2.86. The monoisotopic (exact) mass is 338 g/mol. The van der Waals surface area contributed by atoms with E-state index in [1.54, 1.807) is 29.8 Å². The van der Waals surface area contributed by atoms with Gasteiger partial charge < -0.3 is 10.1 Å². The van der Waals surface area contributed by atoms with Crippen LogP contribution in [0.4, 0.5) is 10.8 Å². The van der Waals surface area contributed by atoms with Gasteiger partial charge in [-0.1, -0.05) is 0 Å². The maximum Gasteiger partial charge on any atom is 0.187 e. The summed E-state index contributed by atoms with van der Waals surface area (Å²) >= 11 is 3.35. The number of hydrogen-bond donors (Lipinski definition) is 1. The third kappa shape index (κ3) is 4.20. The van der Waals surface area contributed by atoms with Crippen molar-refractivity contribution in [2.75, 3.05) is 12.4 Å². The maximum atomic E-state index is 5.14. The van der Waals surface area contributed by atoms with Gasteiger partial charge in [0.2, 0.25) is 0 Å². The number of rotatable bonds is 5. The van der Waals surface area contributed by atoms with Crippen molar-refractivity contribution < 1.29 is 4.74 Å². The number of nitrogens with one attached hydrogen (secondary N) is 1. The average Bonchev–Trinajstić information content (AvgIpc) is 3.12. The molecule has 3 nitrogen and oxygen atoms in total. The standard InChI is InChI=1S/C15H14N2OS2.ClH/c1-18-14-4-2-12(3-5-14)16-15-17-13(10-20-15)8-11-6-7-19-9-11;/h2-7,9-10H,8H2,1H3,(H,16,17);1H. The van der Waals surface area contributed by atoms with Gasteiger partial charge in [0.1, 0.15) is 5.75 Å². The van der Waals surface area contributed by atoms with Crippen LogP contribution in [0.3, 0.4) is 0 Å². The van der Waals surface area contributed by atoms with E-state index in [-0.39, 0.29) is 12.4 Å². The molecule has 2 aromatic heterocycles. The molecule has 1 N–H and O–H groups in total. The highest BCUT2D eigenvalue weighted by atomic mass is 35.5. The van der Waals surface area contributed by atoms with Gasteiger partial charge >= 0.3 is 0 Å². The second-order valence-electron chi connectivity index (χ2n) is 4.31. The third-order valence-corrected chi connectivity index (χ3v) is 4.40. The normalized spacial score (nSPS) is 9.95. The van der Waals surface area contributed by atoms with Crippen molar-refractivity contribution in [2.45, 2.75) is 6.42 Å². The Hall–Kier alpha value is -1.56. The minimum absolute atomic E-state index is 0. The molecule has 0 atom stereocenters. The van der Waals surface area contributed by atoms with Crippen LogP contribution in [0.1, 0.15) is 11.3 Å². The summed E-state index contributed by atoms with van der Waals surface area (Å²) in [5.74, 6) is 0.854. The maximum absolute atomic E-state index is 5.14. The fraction of sp³-hybridized carbons (Fsp3) is 0.133. The molecule has 3 rings (SSSR count). The summed E-state index contributed by atoms with van der Waals surface area (Å²) in [6.45, 7) is 0. The van der Waals surface area contributed by atoms with Crippen molar-refractivity contribution in [1.29, 1.82) is 0 Å². The molecular weight excluding hydrogens is 324 g/mol. The number of anilines is 2. The Balaban J connectivity index is 0.00000161. The minimum Gasteiger partial charge on any atom is -0.497 e. The summed E-state index contributed by atoms with van der Waals surface area (Å²) in [5, 5.41) is 10.6. The van der Waals surface area contributed by atoms with Gasteiger partial charge in [0.05, 0.1) is 12.8 Å². The molecule has 0 fully saturated rings. The minimum atomic E-state index is 0. The number of ether oxygens (including phenoxy) is 1. The van der Waals surface area contributed by atoms with Crippen LogP contribution in [0.15, 0.2) is 46.5 Å². The highest BCUT2D eigenvalue weighted by Gasteiger charge is 2.04. The van der Waals surface area contributed by atoms with Gasteiger partial charge in [0.15, 0.2) is 5.13 Å². The lowest BCUT2D eigenvalue weighted by Gasteiger charge is -2.03. The molecule has 0 aliphatic carbocycles. The lowest BCUT2D eigenvalue weighted by Crippen LogP contribution is -1.91. The molecule has 0 bridgehead atoms. The Labute approximate surface area is 138 Å². The Bertz CT molecular complexity index is 665. The van der Waals surface area contributed by atoms with Crippen molar-refractivity contribution in [1.82, 2.24) is 4.98 Å². The average molecular weight is 339 g/mol. The number of nitrogens with zero attached hydrogens (tertiary/aromatic N) is 1. The molecule has 6 heteroatoms. The van der Waals surface area contributed by atoms with Gasteiger partial charge in [-0.05, 0) is 46.7 Å². The van der Waals surface area contributed by atoms with Crippen LogP contribution < -0.4 is 10.1 Å². The molecule has 0 aliphatic rings. The highest BCUT2D eigenvalue weighted by Crippen LogP contribution is 2.24. The molecule has 0 amide bonds. The fourth-order valence-corrected chi connectivity index (χ4v) is 3.24. The number of aromatic nitrogens is 1. The number of thiophene rings is 1. The molecule has 110 valence electrons. The Morgan fingerprint density at radius 3 is 2.62 bits per heavy atom. The Morgan fingerprint density at radius 1 is 1.14 bits per heavy atom. The lowest BCUT2D eigenvalue weighted by molar-refractivity contribution is 0.415. The molecule has 3 aromatic rings. The van der Waals surface area contributed by atoms with E-state index in [1.807, 2.05) is 24.3 Å². The molecule has 1 aromatic carbocycles. The van der Waals surface area contributed by atoms with E-state index in [1.165, 1.54) is 5.56 Å². The van der Waals surface area contributed by atoms with Gasteiger partial charge in [-0.15, -0.1) is 23.7 Å². The van der Waals surface area contributed by atoms with Crippen LogP contribution in [0.5, 0.6) is 5.75 Å². The highest BCUT2D eigenvalue weighted by molar-refractivity contribution is 7.13. The molecule has 0 radical (unpaired) electrons. The predicted octanol–water partition coefficient (Wildman–Crippen LogP) is 4.97. The fourth-order valence-electron chi connectivity index (χ4n) is 1.85.